The standard InChI is InChI=1S/C14H23N3O/c15-13-11-12(16-7-4-10-18)5-6-14(13)17-8-2-1-3-9-17/h5-6,11,16,18H,1-4,7-10,15H2. The molecule has 0 spiro atoms. The van der Waals surface area contributed by atoms with E-state index in [1.807, 2.05) is 6.07 Å². The summed E-state index contributed by atoms with van der Waals surface area (Å²) in [5.74, 6) is 0. The quantitative estimate of drug-likeness (QED) is 0.552. The molecule has 1 aromatic rings. The Balaban J connectivity index is 2.00. The van der Waals surface area contributed by atoms with Gasteiger partial charge in [-0.2, -0.15) is 0 Å². The number of nitrogen functional groups attached to an aromatic ring is 1. The Hall–Kier alpha value is -1.42. The number of hydrogen-bond acceptors (Lipinski definition) is 4. The number of anilines is 3. The van der Waals surface area contributed by atoms with E-state index in [4.69, 9.17) is 10.8 Å². The second kappa shape index (κ2) is 6.50. The highest BCUT2D eigenvalue weighted by atomic mass is 16.3. The van der Waals surface area contributed by atoms with E-state index >= 15 is 0 Å². The molecule has 1 heterocycles. The maximum atomic E-state index is 8.74. The number of piperidine rings is 1. The molecule has 0 saturated carbocycles. The molecule has 18 heavy (non-hydrogen) atoms. The van der Waals surface area contributed by atoms with Crippen molar-refractivity contribution in [3.8, 4) is 0 Å². The van der Waals surface area contributed by atoms with Gasteiger partial charge in [-0.05, 0) is 43.9 Å². The van der Waals surface area contributed by atoms with Gasteiger partial charge in [-0.1, -0.05) is 0 Å². The molecule has 1 aliphatic heterocycles. The van der Waals surface area contributed by atoms with Crippen molar-refractivity contribution in [1.29, 1.82) is 0 Å². The highest BCUT2D eigenvalue weighted by molar-refractivity contribution is 5.72. The van der Waals surface area contributed by atoms with Crippen molar-refractivity contribution < 1.29 is 5.11 Å². The van der Waals surface area contributed by atoms with Crippen LogP contribution in [0.1, 0.15) is 25.7 Å². The number of nitrogens with two attached hydrogens (primary N) is 1. The Kier molecular flexibility index (Phi) is 4.70. The molecule has 0 aliphatic carbocycles. The van der Waals surface area contributed by atoms with E-state index in [9.17, 15) is 0 Å². The van der Waals surface area contributed by atoms with E-state index in [1.54, 1.807) is 0 Å². The van der Waals surface area contributed by atoms with Gasteiger partial charge in [-0.15, -0.1) is 0 Å². The van der Waals surface area contributed by atoms with Crippen molar-refractivity contribution >= 4 is 17.1 Å². The van der Waals surface area contributed by atoms with E-state index in [0.717, 1.165) is 43.1 Å². The average Bonchev–Trinajstić information content (AvgIpc) is 2.40. The fourth-order valence-corrected chi connectivity index (χ4v) is 2.40. The van der Waals surface area contributed by atoms with Crippen molar-refractivity contribution in [2.24, 2.45) is 0 Å². The molecular weight excluding hydrogens is 226 g/mol. The zero-order chi connectivity index (χ0) is 12.8. The molecular formula is C14H23N3O. The summed E-state index contributed by atoms with van der Waals surface area (Å²) in [6.45, 7) is 3.22. The van der Waals surface area contributed by atoms with Crippen molar-refractivity contribution in [1.82, 2.24) is 0 Å². The normalized spacial score (nSPS) is 15.7. The first-order chi connectivity index (χ1) is 8.81. The van der Waals surface area contributed by atoms with Gasteiger partial charge in [0.2, 0.25) is 0 Å². The van der Waals surface area contributed by atoms with Crippen LogP contribution in [0.15, 0.2) is 18.2 Å². The molecule has 0 atom stereocenters. The first kappa shape index (κ1) is 13.0. The molecule has 0 radical (unpaired) electrons. The molecule has 4 heteroatoms. The van der Waals surface area contributed by atoms with Gasteiger partial charge >= 0.3 is 0 Å². The third-order valence-corrected chi connectivity index (χ3v) is 3.39. The largest absolute Gasteiger partial charge is 0.397 e. The first-order valence-electron chi connectivity index (χ1n) is 6.80. The fourth-order valence-electron chi connectivity index (χ4n) is 2.40. The minimum Gasteiger partial charge on any atom is -0.397 e. The molecule has 1 saturated heterocycles. The summed E-state index contributed by atoms with van der Waals surface area (Å²) in [7, 11) is 0. The summed E-state index contributed by atoms with van der Waals surface area (Å²) < 4.78 is 0. The van der Waals surface area contributed by atoms with Crippen molar-refractivity contribution in [2.75, 3.05) is 42.2 Å². The van der Waals surface area contributed by atoms with E-state index in [-0.39, 0.29) is 6.61 Å². The van der Waals surface area contributed by atoms with E-state index in [1.165, 1.54) is 19.3 Å². The third-order valence-electron chi connectivity index (χ3n) is 3.39. The molecule has 4 N–H and O–H groups in total. The second-order valence-electron chi connectivity index (χ2n) is 4.83. The van der Waals surface area contributed by atoms with Crippen LogP contribution >= 0.6 is 0 Å². The summed E-state index contributed by atoms with van der Waals surface area (Å²) in [6, 6.07) is 6.15. The zero-order valence-electron chi connectivity index (χ0n) is 10.9. The highest BCUT2D eigenvalue weighted by Crippen LogP contribution is 2.28. The topological polar surface area (TPSA) is 61.5 Å². The van der Waals surface area contributed by atoms with Crippen LogP contribution in [0.2, 0.25) is 0 Å². The fraction of sp³-hybridized carbons (Fsp3) is 0.571. The van der Waals surface area contributed by atoms with Crippen molar-refractivity contribution in [2.45, 2.75) is 25.7 Å². The van der Waals surface area contributed by atoms with Crippen molar-refractivity contribution in [3.05, 3.63) is 18.2 Å². The maximum absolute atomic E-state index is 8.74. The number of nitrogens with one attached hydrogen (secondary N) is 1. The SMILES string of the molecule is Nc1cc(NCCCO)ccc1N1CCCCC1. The number of hydrogen-bond donors (Lipinski definition) is 3. The predicted molar refractivity (Wildman–Crippen MR) is 77.1 cm³/mol. The molecule has 0 aromatic heterocycles. The van der Waals surface area contributed by atoms with Gasteiger partial charge in [0.1, 0.15) is 0 Å². The third kappa shape index (κ3) is 3.29. The van der Waals surface area contributed by atoms with Gasteiger partial charge in [0, 0.05) is 31.9 Å². The van der Waals surface area contributed by atoms with Crippen LogP contribution in [-0.4, -0.2) is 31.3 Å². The summed E-state index contributed by atoms with van der Waals surface area (Å²) in [6.07, 6.45) is 4.61. The average molecular weight is 249 g/mol. The summed E-state index contributed by atoms with van der Waals surface area (Å²) in [5.41, 5.74) is 9.15. The predicted octanol–water partition coefficient (Wildman–Crippen LogP) is 2.05. The molecule has 1 aliphatic rings. The number of aliphatic hydroxyl groups excluding tert-OH is 1. The van der Waals surface area contributed by atoms with E-state index < -0.39 is 0 Å². The van der Waals surface area contributed by atoms with Crippen LogP contribution in [0.5, 0.6) is 0 Å². The first-order valence-corrected chi connectivity index (χ1v) is 6.80. The maximum Gasteiger partial charge on any atom is 0.0601 e. The summed E-state index contributed by atoms with van der Waals surface area (Å²) >= 11 is 0. The molecule has 0 amide bonds. The Bertz CT molecular complexity index is 375. The summed E-state index contributed by atoms with van der Waals surface area (Å²) in [4.78, 5) is 2.37. The highest BCUT2D eigenvalue weighted by Gasteiger charge is 2.13. The van der Waals surface area contributed by atoms with Gasteiger partial charge in [0.15, 0.2) is 0 Å². The Labute approximate surface area is 109 Å². The minimum atomic E-state index is 0.217. The molecule has 1 aromatic carbocycles. The summed E-state index contributed by atoms with van der Waals surface area (Å²) in [5, 5.41) is 12.0. The number of nitrogens with zero attached hydrogens (tertiary/aromatic N) is 1. The lowest BCUT2D eigenvalue weighted by atomic mass is 10.1. The molecule has 1 fully saturated rings. The zero-order valence-corrected chi connectivity index (χ0v) is 10.9. The Morgan fingerprint density at radius 2 is 2.00 bits per heavy atom. The van der Waals surface area contributed by atoms with Crippen LogP contribution in [0.4, 0.5) is 17.1 Å². The lowest BCUT2D eigenvalue weighted by Crippen LogP contribution is -2.30. The Morgan fingerprint density at radius 1 is 1.22 bits per heavy atom. The van der Waals surface area contributed by atoms with Crippen molar-refractivity contribution in [3.63, 3.8) is 0 Å². The van der Waals surface area contributed by atoms with Crippen LogP contribution in [0, 0.1) is 0 Å². The lowest BCUT2D eigenvalue weighted by Gasteiger charge is -2.30. The van der Waals surface area contributed by atoms with E-state index in [0.29, 0.717) is 0 Å². The number of aliphatic hydroxyl groups is 1. The lowest BCUT2D eigenvalue weighted by molar-refractivity contribution is 0.292. The molecule has 4 nitrogen and oxygen atoms in total. The minimum absolute atomic E-state index is 0.217. The number of benzene rings is 1. The second-order valence-corrected chi connectivity index (χ2v) is 4.83. The van der Waals surface area contributed by atoms with Crippen LogP contribution in [0.25, 0.3) is 0 Å². The monoisotopic (exact) mass is 249 g/mol. The van der Waals surface area contributed by atoms with Gasteiger partial charge < -0.3 is 21.1 Å². The van der Waals surface area contributed by atoms with Gasteiger partial charge in [0.05, 0.1) is 11.4 Å². The van der Waals surface area contributed by atoms with Gasteiger partial charge in [-0.3, -0.25) is 0 Å². The smallest absolute Gasteiger partial charge is 0.0601 e. The van der Waals surface area contributed by atoms with Gasteiger partial charge in [0.25, 0.3) is 0 Å². The van der Waals surface area contributed by atoms with Crippen LogP contribution < -0.4 is 16.0 Å². The molecule has 2 rings (SSSR count). The molecule has 100 valence electrons. The number of rotatable bonds is 5. The van der Waals surface area contributed by atoms with E-state index in [2.05, 4.69) is 22.3 Å². The van der Waals surface area contributed by atoms with Crippen LogP contribution in [-0.2, 0) is 0 Å². The molecule has 0 unspecified atom stereocenters. The molecule has 0 bridgehead atoms. The Morgan fingerprint density at radius 3 is 2.67 bits per heavy atom. The van der Waals surface area contributed by atoms with Crippen LogP contribution in [0.3, 0.4) is 0 Å². The van der Waals surface area contributed by atoms with Gasteiger partial charge in [-0.25, -0.2) is 0 Å².